The van der Waals surface area contributed by atoms with E-state index in [9.17, 15) is 5.11 Å². The van der Waals surface area contributed by atoms with Gasteiger partial charge in [-0.2, -0.15) is 0 Å². The Kier molecular flexibility index (Phi) is 5.88. The highest BCUT2D eigenvalue weighted by Crippen LogP contribution is 2.34. The first kappa shape index (κ1) is 16.3. The van der Waals surface area contributed by atoms with Crippen molar-refractivity contribution in [1.29, 1.82) is 0 Å². The highest BCUT2D eigenvalue weighted by Gasteiger charge is 2.33. The van der Waals surface area contributed by atoms with Gasteiger partial charge in [0.15, 0.2) is 0 Å². The topological polar surface area (TPSA) is 26.7 Å². The van der Waals surface area contributed by atoms with E-state index in [-0.39, 0.29) is 6.10 Å². The highest BCUT2D eigenvalue weighted by molar-refractivity contribution is 4.86. The van der Waals surface area contributed by atoms with Gasteiger partial charge in [-0.15, -0.1) is 0 Å². The molecule has 4 unspecified atom stereocenters. The fourth-order valence-corrected chi connectivity index (χ4v) is 4.12. The Morgan fingerprint density at radius 2 is 1.95 bits per heavy atom. The summed E-state index contributed by atoms with van der Waals surface area (Å²) in [7, 11) is 0. The number of piperazine rings is 1. The van der Waals surface area contributed by atoms with Gasteiger partial charge >= 0.3 is 0 Å². The molecule has 1 saturated carbocycles. The lowest BCUT2D eigenvalue weighted by Crippen LogP contribution is -2.53. The molecule has 0 aromatic heterocycles. The van der Waals surface area contributed by atoms with Crippen LogP contribution in [0.5, 0.6) is 0 Å². The van der Waals surface area contributed by atoms with Gasteiger partial charge in [0.2, 0.25) is 0 Å². The van der Waals surface area contributed by atoms with Crippen molar-refractivity contribution in [2.75, 3.05) is 32.7 Å². The number of likely N-dealkylation sites (N-methyl/N-ethyl adjacent to an activating group) is 1. The molecule has 20 heavy (non-hydrogen) atoms. The van der Waals surface area contributed by atoms with Crippen LogP contribution in [0.1, 0.15) is 47.0 Å². The van der Waals surface area contributed by atoms with Crippen LogP contribution in [0.25, 0.3) is 0 Å². The molecule has 0 amide bonds. The van der Waals surface area contributed by atoms with Crippen LogP contribution in [0.2, 0.25) is 0 Å². The number of aliphatic hydroxyl groups excluding tert-OH is 1. The molecule has 4 atom stereocenters. The molecule has 2 rings (SSSR count). The minimum Gasteiger partial charge on any atom is -0.393 e. The number of aliphatic hydroxyl groups is 1. The Labute approximate surface area is 125 Å². The van der Waals surface area contributed by atoms with Crippen molar-refractivity contribution < 1.29 is 5.11 Å². The van der Waals surface area contributed by atoms with Crippen LogP contribution < -0.4 is 0 Å². The van der Waals surface area contributed by atoms with Gasteiger partial charge in [0.1, 0.15) is 0 Å². The van der Waals surface area contributed by atoms with E-state index >= 15 is 0 Å². The maximum Gasteiger partial charge on any atom is 0.0580 e. The molecule has 3 nitrogen and oxygen atoms in total. The Bertz CT molecular complexity index is 295. The molecule has 3 heteroatoms. The first-order valence-corrected chi connectivity index (χ1v) is 8.65. The van der Waals surface area contributed by atoms with E-state index in [0.29, 0.717) is 12.0 Å². The SMILES string of the molecule is CCN1CCN(CC2CC(C(C)C)CCC2O)CC1C. The van der Waals surface area contributed by atoms with E-state index in [0.717, 1.165) is 31.3 Å². The van der Waals surface area contributed by atoms with Gasteiger partial charge in [0, 0.05) is 32.2 Å². The van der Waals surface area contributed by atoms with Crippen molar-refractivity contribution in [3.8, 4) is 0 Å². The summed E-state index contributed by atoms with van der Waals surface area (Å²) < 4.78 is 0. The van der Waals surface area contributed by atoms with Crippen LogP contribution in [-0.2, 0) is 0 Å². The van der Waals surface area contributed by atoms with Gasteiger partial charge in [-0.1, -0.05) is 20.8 Å². The van der Waals surface area contributed by atoms with E-state index in [1.54, 1.807) is 0 Å². The van der Waals surface area contributed by atoms with E-state index in [1.807, 2.05) is 0 Å². The highest BCUT2D eigenvalue weighted by atomic mass is 16.3. The third kappa shape index (κ3) is 3.96. The van der Waals surface area contributed by atoms with E-state index in [1.165, 1.54) is 32.5 Å². The van der Waals surface area contributed by atoms with Gasteiger partial charge in [0.05, 0.1) is 6.10 Å². The van der Waals surface area contributed by atoms with E-state index < -0.39 is 0 Å². The molecule has 1 aliphatic carbocycles. The molecule has 118 valence electrons. The van der Waals surface area contributed by atoms with Crippen LogP contribution in [-0.4, -0.2) is 59.8 Å². The molecule has 2 fully saturated rings. The van der Waals surface area contributed by atoms with E-state index in [2.05, 4.69) is 37.5 Å². The Hall–Kier alpha value is -0.120. The maximum absolute atomic E-state index is 10.3. The second-order valence-corrected chi connectivity index (χ2v) is 7.38. The largest absolute Gasteiger partial charge is 0.393 e. The Balaban J connectivity index is 1.85. The lowest BCUT2D eigenvalue weighted by molar-refractivity contribution is 0.00173. The average Bonchev–Trinajstić information content (AvgIpc) is 2.41. The summed E-state index contributed by atoms with van der Waals surface area (Å²) in [6, 6.07) is 0.662. The Morgan fingerprint density at radius 3 is 2.55 bits per heavy atom. The van der Waals surface area contributed by atoms with Gasteiger partial charge in [-0.05, 0) is 50.5 Å². The molecule has 0 aromatic rings. The standard InChI is InChI=1S/C17H34N2O/c1-5-19-9-8-18(11-14(19)4)12-16-10-15(13(2)3)6-7-17(16)20/h13-17,20H,5-12H2,1-4H3. The zero-order valence-corrected chi connectivity index (χ0v) is 13.9. The van der Waals surface area contributed by atoms with Crippen molar-refractivity contribution in [1.82, 2.24) is 9.80 Å². The smallest absolute Gasteiger partial charge is 0.0580 e. The number of hydrogen-bond acceptors (Lipinski definition) is 3. The Morgan fingerprint density at radius 1 is 1.20 bits per heavy atom. The summed E-state index contributed by atoms with van der Waals surface area (Å²) in [5.74, 6) is 2.08. The molecular formula is C17H34N2O. The lowest BCUT2D eigenvalue weighted by atomic mass is 9.74. The summed E-state index contributed by atoms with van der Waals surface area (Å²) in [4.78, 5) is 5.15. The lowest BCUT2D eigenvalue weighted by Gasteiger charge is -2.43. The number of hydrogen-bond donors (Lipinski definition) is 1. The van der Waals surface area contributed by atoms with Crippen molar-refractivity contribution in [3.63, 3.8) is 0 Å². The minimum absolute atomic E-state index is 0.0653. The van der Waals surface area contributed by atoms with Gasteiger partial charge < -0.3 is 10.0 Å². The molecule has 0 spiro atoms. The molecule has 0 aromatic carbocycles. The van der Waals surface area contributed by atoms with E-state index in [4.69, 9.17) is 0 Å². The normalized spacial score (nSPS) is 37.5. The van der Waals surface area contributed by atoms with Gasteiger partial charge in [0.25, 0.3) is 0 Å². The third-order valence-corrected chi connectivity index (χ3v) is 5.67. The predicted octanol–water partition coefficient (Wildman–Crippen LogP) is 2.45. The average molecular weight is 282 g/mol. The van der Waals surface area contributed by atoms with Crippen molar-refractivity contribution in [3.05, 3.63) is 0 Å². The quantitative estimate of drug-likeness (QED) is 0.858. The predicted molar refractivity (Wildman–Crippen MR) is 84.8 cm³/mol. The molecule has 1 heterocycles. The first-order valence-electron chi connectivity index (χ1n) is 8.65. The first-order chi connectivity index (χ1) is 9.51. The maximum atomic E-state index is 10.3. The molecule has 1 aliphatic heterocycles. The fraction of sp³-hybridized carbons (Fsp3) is 1.00. The number of nitrogens with zero attached hydrogens (tertiary/aromatic N) is 2. The molecule has 2 aliphatic rings. The summed E-state index contributed by atoms with van der Waals surface area (Å²) in [5, 5.41) is 10.3. The fourth-order valence-electron chi connectivity index (χ4n) is 4.12. The third-order valence-electron chi connectivity index (χ3n) is 5.67. The molecule has 1 saturated heterocycles. The van der Waals surface area contributed by atoms with Crippen molar-refractivity contribution in [2.24, 2.45) is 17.8 Å². The molecule has 0 radical (unpaired) electrons. The van der Waals surface area contributed by atoms with Crippen LogP contribution in [0.4, 0.5) is 0 Å². The molecule has 1 N–H and O–H groups in total. The minimum atomic E-state index is -0.0653. The second kappa shape index (κ2) is 7.24. The number of rotatable bonds is 4. The van der Waals surface area contributed by atoms with Crippen LogP contribution in [0.3, 0.4) is 0 Å². The van der Waals surface area contributed by atoms with Crippen molar-refractivity contribution in [2.45, 2.75) is 59.1 Å². The zero-order valence-electron chi connectivity index (χ0n) is 13.9. The van der Waals surface area contributed by atoms with Crippen molar-refractivity contribution >= 4 is 0 Å². The molecule has 0 bridgehead atoms. The zero-order chi connectivity index (χ0) is 14.7. The van der Waals surface area contributed by atoms with Crippen LogP contribution in [0.15, 0.2) is 0 Å². The summed E-state index contributed by atoms with van der Waals surface area (Å²) in [6.07, 6.45) is 3.39. The summed E-state index contributed by atoms with van der Waals surface area (Å²) in [5.41, 5.74) is 0. The summed E-state index contributed by atoms with van der Waals surface area (Å²) in [6.45, 7) is 15.1. The van der Waals surface area contributed by atoms with Crippen LogP contribution in [0, 0.1) is 17.8 Å². The molecular weight excluding hydrogens is 248 g/mol. The monoisotopic (exact) mass is 282 g/mol. The van der Waals surface area contributed by atoms with Gasteiger partial charge in [-0.25, -0.2) is 0 Å². The summed E-state index contributed by atoms with van der Waals surface area (Å²) >= 11 is 0. The van der Waals surface area contributed by atoms with Crippen LogP contribution >= 0.6 is 0 Å². The second-order valence-electron chi connectivity index (χ2n) is 7.38. The van der Waals surface area contributed by atoms with Gasteiger partial charge in [-0.3, -0.25) is 4.90 Å².